The average Bonchev–Trinajstić information content (AvgIpc) is 2.83. The van der Waals surface area contributed by atoms with Gasteiger partial charge in [-0.05, 0) is 66.6 Å². The Kier molecular flexibility index (Phi) is 7.75. The molecule has 0 aliphatic heterocycles. The summed E-state index contributed by atoms with van der Waals surface area (Å²) in [5, 5.41) is 0. The molecule has 0 N–H and O–H groups in total. The van der Waals surface area contributed by atoms with E-state index in [1.54, 1.807) is 54.6 Å². The average molecular weight is 471 g/mol. The number of ether oxygens (including phenoxy) is 1. The van der Waals surface area contributed by atoms with Gasteiger partial charge in [-0.2, -0.15) is 0 Å². The maximum absolute atomic E-state index is 12.8. The lowest BCUT2D eigenvalue weighted by molar-refractivity contribution is 0.481. The van der Waals surface area contributed by atoms with Crippen LogP contribution in [0.5, 0.6) is 11.5 Å². The second-order valence-corrected chi connectivity index (χ2v) is 10.4. The van der Waals surface area contributed by atoms with Crippen LogP contribution in [0.1, 0.15) is 25.0 Å². The van der Waals surface area contributed by atoms with Gasteiger partial charge in [-0.3, -0.25) is 0 Å². The Balaban J connectivity index is 1.76. The Labute approximate surface area is 203 Å². The maximum Gasteiger partial charge on any atom is 0.206 e. The van der Waals surface area contributed by atoms with Crippen molar-refractivity contribution in [2.45, 2.75) is 36.0 Å². The number of hydrogen-bond donors (Lipinski definition) is 0. The lowest BCUT2D eigenvalue weighted by atomic mass is 9.77. The predicted octanol–water partition coefficient (Wildman–Crippen LogP) is 7.75. The van der Waals surface area contributed by atoms with E-state index in [0.717, 1.165) is 16.7 Å². The van der Waals surface area contributed by atoms with Gasteiger partial charge in [0.1, 0.15) is 11.5 Å². The highest BCUT2D eigenvalue weighted by molar-refractivity contribution is 7.91. The fourth-order valence-corrected chi connectivity index (χ4v) is 4.81. The molecule has 0 aliphatic carbocycles. The van der Waals surface area contributed by atoms with E-state index in [1.807, 2.05) is 55.5 Å². The second kappa shape index (κ2) is 10.5. The Morgan fingerprint density at radius 1 is 0.794 bits per heavy atom. The molecule has 0 fully saturated rings. The molecule has 0 heterocycles. The largest absolute Gasteiger partial charge is 0.457 e. The van der Waals surface area contributed by atoms with E-state index in [-0.39, 0.29) is 15.2 Å². The molecule has 0 spiro atoms. The topological polar surface area (TPSA) is 43.4 Å². The predicted molar refractivity (Wildman–Crippen MR) is 140 cm³/mol. The van der Waals surface area contributed by atoms with Crippen LogP contribution in [0.2, 0.25) is 0 Å². The van der Waals surface area contributed by atoms with Gasteiger partial charge in [0.05, 0.1) is 9.79 Å². The summed E-state index contributed by atoms with van der Waals surface area (Å²) < 4.78 is 31.6. The molecule has 0 amide bonds. The van der Waals surface area contributed by atoms with E-state index in [0.29, 0.717) is 11.5 Å². The summed E-state index contributed by atoms with van der Waals surface area (Å²) in [6.45, 7) is 13.9. The van der Waals surface area contributed by atoms with E-state index in [9.17, 15) is 8.42 Å². The Hall–Kier alpha value is -3.63. The van der Waals surface area contributed by atoms with Crippen molar-refractivity contribution >= 4 is 9.84 Å². The van der Waals surface area contributed by atoms with E-state index in [4.69, 9.17) is 4.74 Å². The molecular formula is C30H30O3S. The smallest absolute Gasteiger partial charge is 0.206 e. The molecule has 0 atom stereocenters. The van der Waals surface area contributed by atoms with Gasteiger partial charge in [0.25, 0.3) is 0 Å². The van der Waals surface area contributed by atoms with Gasteiger partial charge in [-0.1, -0.05) is 87.2 Å². The van der Waals surface area contributed by atoms with Gasteiger partial charge in [0, 0.05) is 5.41 Å². The van der Waals surface area contributed by atoms with E-state index in [2.05, 4.69) is 27.0 Å². The highest BCUT2D eigenvalue weighted by atomic mass is 32.2. The standard InChI is InChI=1S/C30H30O3S/c1-6-8-9-10-24(7-2)30(4,5)25-13-15-26(16-14-25)33-27-17-21-29(22-18-27)34(31,32)28-19-11-23(3)12-20-28/h6-22H,1-2H2,3-5H3/b9-8-,24-10+. The Morgan fingerprint density at radius 3 is 1.79 bits per heavy atom. The van der Waals surface area contributed by atoms with Gasteiger partial charge < -0.3 is 4.74 Å². The van der Waals surface area contributed by atoms with Crippen molar-refractivity contribution < 1.29 is 13.2 Å². The molecule has 3 nitrogen and oxygen atoms in total. The normalized spacial score (nSPS) is 12.5. The number of allylic oxidation sites excluding steroid dienone is 6. The summed E-state index contributed by atoms with van der Waals surface area (Å²) in [7, 11) is -3.57. The first kappa shape index (κ1) is 25.0. The van der Waals surface area contributed by atoms with Gasteiger partial charge in [0.15, 0.2) is 0 Å². The molecule has 34 heavy (non-hydrogen) atoms. The van der Waals surface area contributed by atoms with Crippen LogP contribution in [0.15, 0.2) is 132 Å². The Bertz CT molecular complexity index is 1310. The zero-order valence-corrected chi connectivity index (χ0v) is 20.7. The van der Waals surface area contributed by atoms with Crippen LogP contribution >= 0.6 is 0 Å². The van der Waals surface area contributed by atoms with Gasteiger partial charge in [0.2, 0.25) is 9.84 Å². The molecule has 0 aromatic heterocycles. The summed E-state index contributed by atoms with van der Waals surface area (Å²) in [6.07, 6.45) is 9.47. The monoisotopic (exact) mass is 470 g/mol. The zero-order valence-electron chi connectivity index (χ0n) is 19.9. The van der Waals surface area contributed by atoms with Crippen molar-refractivity contribution in [2.75, 3.05) is 0 Å². The lowest BCUT2D eigenvalue weighted by Crippen LogP contribution is -2.19. The van der Waals surface area contributed by atoms with Crippen molar-refractivity contribution in [3.05, 3.63) is 133 Å². The molecule has 174 valence electrons. The third kappa shape index (κ3) is 5.64. The molecule has 0 saturated heterocycles. The van der Waals surface area contributed by atoms with Crippen LogP contribution in [0, 0.1) is 6.92 Å². The maximum atomic E-state index is 12.8. The van der Waals surface area contributed by atoms with Crippen molar-refractivity contribution in [2.24, 2.45) is 0 Å². The van der Waals surface area contributed by atoms with Crippen LogP contribution in [0.25, 0.3) is 0 Å². The van der Waals surface area contributed by atoms with Gasteiger partial charge in [-0.15, -0.1) is 0 Å². The molecule has 3 aromatic rings. The van der Waals surface area contributed by atoms with Crippen molar-refractivity contribution in [1.82, 2.24) is 0 Å². The van der Waals surface area contributed by atoms with E-state index < -0.39 is 9.84 Å². The van der Waals surface area contributed by atoms with Crippen LogP contribution < -0.4 is 4.74 Å². The summed E-state index contributed by atoms with van der Waals surface area (Å²) in [5.41, 5.74) is 2.98. The molecule has 0 saturated carbocycles. The minimum Gasteiger partial charge on any atom is -0.457 e. The number of aryl methyl sites for hydroxylation is 1. The molecule has 4 heteroatoms. The first-order valence-electron chi connectivity index (χ1n) is 11.0. The minimum atomic E-state index is -3.57. The molecule has 0 aliphatic rings. The van der Waals surface area contributed by atoms with Gasteiger partial charge in [-0.25, -0.2) is 8.42 Å². The Morgan fingerprint density at radius 2 is 1.29 bits per heavy atom. The number of rotatable bonds is 9. The quantitative estimate of drug-likeness (QED) is 0.300. The van der Waals surface area contributed by atoms with Crippen LogP contribution in [-0.2, 0) is 15.3 Å². The van der Waals surface area contributed by atoms with Crippen molar-refractivity contribution in [3.8, 4) is 11.5 Å². The number of sulfone groups is 1. The zero-order chi connectivity index (χ0) is 24.8. The highest BCUT2D eigenvalue weighted by Gasteiger charge is 2.23. The minimum absolute atomic E-state index is 0.232. The fraction of sp³-hybridized carbons (Fsp3) is 0.133. The molecule has 3 aromatic carbocycles. The molecule has 0 bridgehead atoms. The summed E-state index contributed by atoms with van der Waals surface area (Å²) >= 11 is 0. The van der Waals surface area contributed by atoms with Gasteiger partial charge >= 0.3 is 0 Å². The number of benzene rings is 3. The third-order valence-electron chi connectivity index (χ3n) is 5.74. The van der Waals surface area contributed by atoms with E-state index >= 15 is 0 Å². The van der Waals surface area contributed by atoms with Crippen molar-refractivity contribution in [3.63, 3.8) is 0 Å². The molecular weight excluding hydrogens is 440 g/mol. The van der Waals surface area contributed by atoms with Crippen LogP contribution in [0.4, 0.5) is 0 Å². The van der Waals surface area contributed by atoms with E-state index in [1.165, 1.54) is 0 Å². The third-order valence-corrected chi connectivity index (χ3v) is 7.53. The second-order valence-electron chi connectivity index (χ2n) is 8.49. The molecule has 0 unspecified atom stereocenters. The lowest BCUT2D eigenvalue weighted by Gasteiger charge is -2.27. The molecule has 0 radical (unpaired) electrons. The highest BCUT2D eigenvalue weighted by Crippen LogP contribution is 2.34. The fourth-order valence-electron chi connectivity index (χ4n) is 3.55. The van der Waals surface area contributed by atoms with Crippen LogP contribution in [-0.4, -0.2) is 8.42 Å². The first-order chi connectivity index (χ1) is 16.2. The molecule has 3 rings (SSSR count). The number of hydrogen-bond acceptors (Lipinski definition) is 3. The summed E-state index contributed by atoms with van der Waals surface area (Å²) in [4.78, 5) is 0.507. The summed E-state index contributed by atoms with van der Waals surface area (Å²) in [5.74, 6) is 1.24. The summed E-state index contributed by atoms with van der Waals surface area (Å²) in [6, 6.07) is 21.2. The SMILES string of the molecule is C=C/C=C\C=C(/C=C)C(C)(C)c1ccc(Oc2ccc(S(=O)(=O)c3ccc(C)cc3)cc2)cc1. The first-order valence-corrected chi connectivity index (χ1v) is 12.5. The van der Waals surface area contributed by atoms with Crippen LogP contribution in [0.3, 0.4) is 0 Å². The van der Waals surface area contributed by atoms with Crippen molar-refractivity contribution in [1.29, 1.82) is 0 Å².